The van der Waals surface area contributed by atoms with Crippen LogP contribution in [0.25, 0.3) is 0 Å². The molecule has 1 aromatic heterocycles. The molecule has 0 radical (unpaired) electrons. The maximum atomic E-state index is 12.8. The lowest BCUT2D eigenvalue weighted by atomic mass is 9.83. The minimum Gasteiger partial charge on any atom is -0.485 e. The van der Waals surface area contributed by atoms with Gasteiger partial charge in [0.25, 0.3) is 0 Å². The Labute approximate surface area is 140 Å². The zero-order valence-electron chi connectivity index (χ0n) is 13.7. The minimum atomic E-state index is -0.305. The number of aliphatic hydroxyl groups is 1. The number of aromatic nitrogens is 2. The van der Waals surface area contributed by atoms with Crippen molar-refractivity contribution in [1.82, 2.24) is 15.0 Å². The predicted molar refractivity (Wildman–Crippen MR) is 84.7 cm³/mol. The molecule has 1 aromatic carbocycles. The molecule has 24 heavy (non-hydrogen) atoms. The summed E-state index contributed by atoms with van der Waals surface area (Å²) in [5.41, 5.74) is -0.0627. The van der Waals surface area contributed by atoms with Crippen molar-refractivity contribution in [2.45, 2.75) is 32.9 Å². The zero-order chi connectivity index (χ0) is 17.0. The van der Waals surface area contributed by atoms with Gasteiger partial charge in [0.05, 0.1) is 6.54 Å². The second-order valence-electron chi connectivity index (χ2n) is 6.63. The molecular formula is C17H22FN3O3. The van der Waals surface area contributed by atoms with E-state index in [1.807, 2.05) is 0 Å². The van der Waals surface area contributed by atoms with E-state index >= 15 is 0 Å². The van der Waals surface area contributed by atoms with Gasteiger partial charge in [0, 0.05) is 18.6 Å². The number of ether oxygens (including phenoxy) is 1. The van der Waals surface area contributed by atoms with Gasteiger partial charge in [-0.15, -0.1) is 0 Å². The number of piperidine rings is 1. The van der Waals surface area contributed by atoms with Crippen molar-refractivity contribution in [3.63, 3.8) is 0 Å². The van der Waals surface area contributed by atoms with E-state index in [0.717, 1.165) is 25.9 Å². The molecular weight excluding hydrogens is 313 g/mol. The van der Waals surface area contributed by atoms with Crippen LogP contribution in [0.3, 0.4) is 0 Å². The molecule has 1 aliphatic rings. The van der Waals surface area contributed by atoms with Crippen molar-refractivity contribution in [1.29, 1.82) is 0 Å². The Balaban J connectivity index is 1.52. The summed E-state index contributed by atoms with van der Waals surface area (Å²) in [5.74, 6) is 1.24. The van der Waals surface area contributed by atoms with Crippen LogP contribution in [0.4, 0.5) is 4.39 Å². The third-order valence-corrected chi connectivity index (χ3v) is 4.29. The van der Waals surface area contributed by atoms with Crippen LogP contribution in [0.15, 0.2) is 28.8 Å². The summed E-state index contributed by atoms with van der Waals surface area (Å²) in [6, 6.07) is 5.79. The van der Waals surface area contributed by atoms with Crippen molar-refractivity contribution in [3.8, 4) is 5.75 Å². The maximum absolute atomic E-state index is 12.8. The molecule has 0 saturated carbocycles. The van der Waals surface area contributed by atoms with Gasteiger partial charge in [-0.3, -0.25) is 4.90 Å². The van der Waals surface area contributed by atoms with Crippen LogP contribution in [0.2, 0.25) is 0 Å². The molecule has 3 rings (SSSR count). The van der Waals surface area contributed by atoms with E-state index < -0.39 is 0 Å². The number of benzene rings is 1. The van der Waals surface area contributed by atoms with Gasteiger partial charge < -0.3 is 14.4 Å². The van der Waals surface area contributed by atoms with Crippen LogP contribution in [-0.4, -0.2) is 39.8 Å². The molecule has 1 atom stereocenters. The number of nitrogens with zero attached hydrogens (tertiary/aromatic N) is 3. The van der Waals surface area contributed by atoms with Gasteiger partial charge in [-0.25, -0.2) is 4.39 Å². The highest BCUT2D eigenvalue weighted by Crippen LogP contribution is 2.29. The summed E-state index contributed by atoms with van der Waals surface area (Å²) < 4.78 is 23.6. The Kier molecular flexibility index (Phi) is 5.11. The second kappa shape index (κ2) is 7.27. The van der Waals surface area contributed by atoms with E-state index in [4.69, 9.17) is 9.26 Å². The molecule has 0 spiro atoms. The zero-order valence-corrected chi connectivity index (χ0v) is 13.7. The van der Waals surface area contributed by atoms with Crippen LogP contribution in [-0.2, 0) is 13.2 Å². The maximum Gasteiger partial charge on any atom is 0.240 e. The predicted octanol–water partition coefficient (Wildman–Crippen LogP) is 2.38. The Bertz CT molecular complexity index is 661. The summed E-state index contributed by atoms with van der Waals surface area (Å²) in [7, 11) is 0. The first-order valence-electron chi connectivity index (χ1n) is 8.09. The normalized spacial score (nSPS) is 21.8. The van der Waals surface area contributed by atoms with Crippen molar-refractivity contribution in [2.24, 2.45) is 5.41 Å². The van der Waals surface area contributed by atoms with Crippen LogP contribution in [0.1, 0.15) is 31.5 Å². The molecule has 1 unspecified atom stereocenters. The lowest BCUT2D eigenvalue weighted by molar-refractivity contribution is 0.0382. The highest BCUT2D eigenvalue weighted by atomic mass is 19.1. The second-order valence-corrected chi connectivity index (χ2v) is 6.63. The van der Waals surface area contributed by atoms with Gasteiger partial charge in [0.1, 0.15) is 11.6 Å². The lowest BCUT2D eigenvalue weighted by Gasteiger charge is -2.38. The first-order valence-corrected chi connectivity index (χ1v) is 8.09. The molecule has 7 heteroatoms. The van der Waals surface area contributed by atoms with Crippen LogP contribution >= 0.6 is 0 Å². The van der Waals surface area contributed by atoms with E-state index in [1.54, 1.807) is 12.1 Å². The fourth-order valence-corrected chi connectivity index (χ4v) is 2.97. The molecule has 1 aliphatic heterocycles. The Morgan fingerprint density at radius 3 is 2.92 bits per heavy atom. The van der Waals surface area contributed by atoms with Crippen LogP contribution in [0, 0.1) is 11.2 Å². The fourth-order valence-electron chi connectivity index (χ4n) is 2.97. The molecule has 6 nitrogen and oxygen atoms in total. The summed E-state index contributed by atoms with van der Waals surface area (Å²) >= 11 is 0. The van der Waals surface area contributed by atoms with Crippen molar-refractivity contribution < 1.29 is 18.8 Å². The molecule has 2 aromatic rings. The quantitative estimate of drug-likeness (QED) is 0.874. The third kappa shape index (κ3) is 4.30. The lowest BCUT2D eigenvalue weighted by Crippen LogP contribution is -2.43. The topological polar surface area (TPSA) is 71.6 Å². The number of hydrogen-bond donors (Lipinski definition) is 1. The average Bonchev–Trinajstić information content (AvgIpc) is 3.02. The highest BCUT2D eigenvalue weighted by molar-refractivity contribution is 5.22. The first-order chi connectivity index (χ1) is 11.6. The number of likely N-dealkylation sites (tertiary alicyclic amines) is 1. The Morgan fingerprint density at radius 2 is 2.17 bits per heavy atom. The van der Waals surface area contributed by atoms with Gasteiger partial charge >= 0.3 is 0 Å². The average molecular weight is 335 g/mol. The monoisotopic (exact) mass is 335 g/mol. The summed E-state index contributed by atoms with van der Waals surface area (Å²) in [6.07, 6.45) is 2.08. The standard InChI is InChI=1S/C17H22FN3O3/c1-17(12-22)7-2-8-21(11-17)9-16-19-15(20-24-16)10-23-14-5-3-13(18)4-6-14/h3-6,22H,2,7-12H2,1H3. The van der Waals surface area contributed by atoms with Crippen LogP contribution < -0.4 is 4.74 Å². The smallest absolute Gasteiger partial charge is 0.240 e. The molecule has 2 heterocycles. The summed E-state index contributed by atoms with van der Waals surface area (Å²) in [6.45, 7) is 4.79. The van der Waals surface area contributed by atoms with Gasteiger partial charge in [-0.05, 0) is 43.7 Å². The molecule has 1 saturated heterocycles. The number of rotatable bonds is 6. The molecule has 0 bridgehead atoms. The van der Waals surface area contributed by atoms with Gasteiger partial charge in [0.15, 0.2) is 6.61 Å². The van der Waals surface area contributed by atoms with Crippen molar-refractivity contribution in [3.05, 3.63) is 41.8 Å². The van der Waals surface area contributed by atoms with Gasteiger partial charge in [-0.2, -0.15) is 4.98 Å². The van der Waals surface area contributed by atoms with E-state index in [0.29, 0.717) is 24.0 Å². The van der Waals surface area contributed by atoms with Gasteiger partial charge in [-0.1, -0.05) is 12.1 Å². The third-order valence-electron chi connectivity index (χ3n) is 4.29. The molecule has 0 amide bonds. The molecule has 0 aliphatic carbocycles. The van der Waals surface area contributed by atoms with E-state index in [2.05, 4.69) is 22.0 Å². The Morgan fingerprint density at radius 1 is 1.38 bits per heavy atom. The first kappa shape index (κ1) is 16.9. The highest BCUT2D eigenvalue weighted by Gasteiger charge is 2.31. The summed E-state index contributed by atoms with van der Waals surface area (Å²) in [5, 5.41) is 13.4. The number of halogens is 1. The van der Waals surface area contributed by atoms with Crippen LogP contribution in [0.5, 0.6) is 5.75 Å². The largest absolute Gasteiger partial charge is 0.485 e. The van der Waals surface area contributed by atoms with Gasteiger partial charge in [0.2, 0.25) is 11.7 Å². The number of aliphatic hydroxyl groups excluding tert-OH is 1. The van der Waals surface area contributed by atoms with E-state index in [9.17, 15) is 9.50 Å². The van der Waals surface area contributed by atoms with E-state index in [-0.39, 0.29) is 24.4 Å². The summed E-state index contributed by atoms with van der Waals surface area (Å²) in [4.78, 5) is 6.55. The fraction of sp³-hybridized carbons (Fsp3) is 0.529. The molecule has 1 fully saturated rings. The van der Waals surface area contributed by atoms with Crippen molar-refractivity contribution in [2.75, 3.05) is 19.7 Å². The van der Waals surface area contributed by atoms with Crippen molar-refractivity contribution >= 4 is 0 Å². The SMILES string of the molecule is CC1(CO)CCCN(Cc2nc(COc3ccc(F)cc3)no2)C1. The molecule has 1 N–H and O–H groups in total. The minimum absolute atomic E-state index is 0.0627. The van der Waals surface area contributed by atoms with E-state index in [1.165, 1.54) is 12.1 Å². The Hall–Kier alpha value is -1.99. The number of hydrogen-bond acceptors (Lipinski definition) is 6. The molecule has 130 valence electrons.